The topological polar surface area (TPSA) is 64.9 Å². The van der Waals surface area contributed by atoms with Crippen LogP contribution in [0.15, 0.2) is 0 Å². The molecule has 0 aliphatic carbocycles. The Labute approximate surface area is 79.3 Å². The smallest absolute Gasteiger partial charge is 0.234 e. The Morgan fingerprint density at radius 3 is 2.54 bits per heavy atom. The first-order valence-corrected chi connectivity index (χ1v) is 4.30. The summed E-state index contributed by atoms with van der Waals surface area (Å²) in [4.78, 5) is 11.0. The van der Waals surface area contributed by atoms with Gasteiger partial charge in [0.1, 0.15) is 6.54 Å². The maximum Gasteiger partial charge on any atom is 0.234 e. The first kappa shape index (κ1) is 11.9. The summed E-state index contributed by atoms with van der Waals surface area (Å²) in [6, 6.07) is 1.85. The second-order valence-corrected chi connectivity index (χ2v) is 4.10. The molecule has 74 valence electrons. The zero-order valence-electron chi connectivity index (χ0n) is 8.48. The van der Waals surface area contributed by atoms with Crippen LogP contribution < -0.4 is 10.6 Å². The molecule has 0 aromatic heterocycles. The molecule has 0 unspecified atom stereocenters. The minimum absolute atomic E-state index is 0.0794. The van der Waals surface area contributed by atoms with E-state index in [0.29, 0.717) is 0 Å². The zero-order chi connectivity index (χ0) is 10.3. The van der Waals surface area contributed by atoms with Crippen molar-refractivity contribution in [2.24, 2.45) is 5.41 Å². The average Bonchev–Trinajstić information content (AvgIpc) is 1.98. The predicted octanol–water partition coefficient (Wildman–Crippen LogP) is 0.262. The van der Waals surface area contributed by atoms with Gasteiger partial charge in [-0.05, 0) is 5.41 Å². The van der Waals surface area contributed by atoms with Crippen LogP contribution in [0, 0.1) is 16.7 Å². The number of hydrogen-bond acceptors (Lipinski definition) is 3. The lowest BCUT2D eigenvalue weighted by molar-refractivity contribution is -0.120. The summed E-state index contributed by atoms with van der Waals surface area (Å²) in [6.45, 7) is 7.41. The molecule has 1 amide bonds. The van der Waals surface area contributed by atoms with Gasteiger partial charge in [-0.15, -0.1) is 0 Å². The van der Waals surface area contributed by atoms with Crippen molar-refractivity contribution in [1.29, 1.82) is 5.26 Å². The van der Waals surface area contributed by atoms with E-state index in [0.717, 1.165) is 6.54 Å². The van der Waals surface area contributed by atoms with Crippen LogP contribution >= 0.6 is 0 Å². The number of carbonyl (C=O) groups is 1. The SMILES string of the molecule is CC(C)(C)CNCC(=O)NCC#N. The highest BCUT2D eigenvalue weighted by molar-refractivity contribution is 5.78. The summed E-state index contributed by atoms with van der Waals surface area (Å²) in [5.74, 6) is -0.134. The molecule has 0 atom stereocenters. The van der Waals surface area contributed by atoms with Crippen molar-refractivity contribution in [2.45, 2.75) is 20.8 Å². The summed E-state index contributed by atoms with van der Waals surface area (Å²) >= 11 is 0. The fourth-order valence-corrected chi connectivity index (χ4v) is 0.752. The van der Waals surface area contributed by atoms with E-state index in [1.54, 1.807) is 0 Å². The normalized spacial score (nSPS) is 10.6. The lowest BCUT2D eigenvalue weighted by Crippen LogP contribution is -2.37. The Balaban J connectivity index is 3.44. The van der Waals surface area contributed by atoms with Gasteiger partial charge in [-0.25, -0.2) is 0 Å². The summed E-state index contributed by atoms with van der Waals surface area (Å²) in [7, 11) is 0. The van der Waals surface area contributed by atoms with Crippen molar-refractivity contribution >= 4 is 5.91 Å². The first-order valence-electron chi connectivity index (χ1n) is 4.30. The minimum Gasteiger partial charge on any atom is -0.342 e. The van der Waals surface area contributed by atoms with Gasteiger partial charge in [0.15, 0.2) is 0 Å². The molecule has 0 aliphatic heterocycles. The maximum atomic E-state index is 11.0. The monoisotopic (exact) mass is 183 g/mol. The number of amides is 1. The molecule has 0 spiro atoms. The third kappa shape index (κ3) is 8.83. The quantitative estimate of drug-likeness (QED) is 0.614. The summed E-state index contributed by atoms with van der Waals surface area (Å²) < 4.78 is 0. The van der Waals surface area contributed by atoms with Gasteiger partial charge in [-0.2, -0.15) is 5.26 Å². The van der Waals surface area contributed by atoms with Crippen molar-refractivity contribution in [2.75, 3.05) is 19.6 Å². The van der Waals surface area contributed by atoms with Gasteiger partial charge < -0.3 is 10.6 Å². The lowest BCUT2D eigenvalue weighted by Gasteiger charge is -2.18. The highest BCUT2D eigenvalue weighted by Gasteiger charge is 2.09. The van der Waals surface area contributed by atoms with Crippen LogP contribution in [-0.2, 0) is 4.79 Å². The summed E-state index contributed by atoms with van der Waals surface area (Å²) in [6.07, 6.45) is 0. The summed E-state index contributed by atoms with van der Waals surface area (Å²) in [5, 5.41) is 13.7. The molecular formula is C9H17N3O. The van der Waals surface area contributed by atoms with Crippen LogP contribution in [0.4, 0.5) is 0 Å². The highest BCUT2D eigenvalue weighted by atomic mass is 16.1. The number of carbonyl (C=O) groups excluding carboxylic acids is 1. The van der Waals surface area contributed by atoms with E-state index in [9.17, 15) is 4.79 Å². The van der Waals surface area contributed by atoms with E-state index in [1.165, 1.54) is 0 Å². The largest absolute Gasteiger partial charge is 0.342 e. The number of nitrogens with zero attached hydrogens (tertiary/aromatic N) is 1. The number of rotatable bonds is 4. The third-order valence-corrected chi connectivity index (χ3v) is 1.31. The lowest BCUT2D eigenvalue weighted by atomic mass is 9.97. The summed E-state index contributed by atoms with van der Waals surface area (Å²) in [5.41, 5.74) is 0.176. The molecule has 0 aromatic carbocycles. The molecule has 0 saturated heterocycles. The van der Waals surface area contributed by atoms with E-state index in [1.807, 2.05) is 6.07 Å². The molecule has 0 radical (unpaired) electrons. The van der Waals surface area contributed by atoms with Crippen LogP contribution in [0.3, 0.4) is 0 Å². The molecule has 13 heavy (non-hydrogen) atoms. The Kier molecular flexibility index (Phi) is 5.09. The van der Waals surface area contributed by atoms with Crippen LogP contribution in [0.5, 0.6) is 0 Å². The molecule has 0 heterocycles. The Bertz CT molecular complexity index is 200. The van der Waals surface area contributed by atoms with Crippen LogP contribution in [0.2, 0.25) is 0 Å². The van der Waals surface area contributed by atoms with Gasteiger partial charge in [-0.3, -0.25) is 4.79 Å². The van der Waals surface area contributed by atoms with Gasteiger partial charge in [0.05, 0.1) is 12.6 Å². The van der Waals surface area contributed by atoms with Crippen molar-refractivity contribution in [1.82, 2.24) is 10.6 Å². The fourth-order valence-electron chi connectivity index (χ4n) is 0.752. The molecule has 0 aliphatic rings. The predicted molar refractivity (Wildman–Crippen MR) is 50.9 cm³/mol. The van der Waals surface area contributed by atoms with Gasteiger partial charge in [0.2, 0.25) is 5.91 Å². The van der Waals surface area contributed by atoms with E-state index in [-0.39, 0.29) is 24.4 Å². The number of nitrogens with one attached hydrogen (secondary N) is 2. The number of nitriles is 1. The van der Waals surface area contributed by atoms with Crippen LogP contribution in [0.25, 0.3) is 0 Å². The van der Waals surface area contributed by atoms with Gasteiger partial charge in [0.25, 0.3) is 0 Å². The molecular weight excluding hydrogens is 166 g/mol. The molecule has 4 nitrogen and oxygen atoms in total. The first-order chi connectivity index (χ1) is 5.95. The Morgan fingerprint density at radius 1 is 1.46 bits per heavy atom. The molecule has 0 rings (SSSR count). The number of hydrogen-bond donors (Lipinski definition) is 2. The van der Waals surface area contributed by atoms with Gasteiger partial charge >= 0.3 is 0 Å². The molecule has 0 saturated carbocycles. The van der Waals surface area contributed by atoms with E-state index in [2.05, 4.69) is 31.4 Å². The third-order valence-electron chi connectivity index (χ3n) is 1.31. The van der Waals surface area contributed by atoms with Crippen molar-refractivity contribution in [3.05, 3.63) is 0 Å². The zero-order valence-corrected chi connectivity index (χ0v) is 8.48. The van der Waals surface area contributed by atoms with Crippen molar-refractivity contribution in [3.63, 3.8) is 0 Å². The van der Waals surface area contributed by atoms with Crippen LogP contribution in [-0.4, -0.2) is 25.5 Å². The second-order valence-electron chi connectivity index (χ2n) is 4.10. The Morgan fingerprint density at radius 2 is 2.08 bits per heavy atom. The van der Waals surface area contributed by atoms with E-state index < -0.39 is 0 Å². The highest BCUT2D eigenvalue weighted by Crippen LogP contribution is 2.09. The van der Waals surface area contributed by atoms with Gasteiger partial charge in [-0.1, -0.05) is 20.8 Å². The van der Waals surface area contributed by atoms with E-state index in [4.69, 9.17) is 5.26 Å². The standard InChI is InChI=1S/C9H17N3O/c1-9(2,3)7-11-6-8(13)12-5-4-10/h11H,5-7H2,1-3H3,(H,12,13). The molecule has 2 N–H and O–H groups in total. The fraction of sp³-hybridized carbons (Fsp3) is 0.778. The Hall–Kier alpha value is -1.08. The van der Waals surface area contributed by atoms with Gasteiger partial charge in [0, 0.05) is 6.54 Å². The van der Waals surface area contributed by atoms with Crippen molar-refractivity contribution in [3.8, 4) is 6.07 Å². The maximum absolute atomic E-state index is 11.0. The second kappa shape index (κ2) is 5.55. The molecule has 0 fully saturated rings. The minimum atomic E-state index is -0.134. The van der Waals surface area contributed by atoms with E-state index >= 15 is 0 Å². The molecule has 0 aromatic rings. The van der Waals surface area contributed by atoms with Crippen molar-refractivity contribution < 1.29 is 4.79 Å². The molecule has 4 heteroatoms. The average molecular weight is 183 g/mol. The molecule has 0 bridgehead atoms. The van der Waals surface area contributed by atoms with Crippen LogP contribution in [0.1, 0.15) is 20.8 Å².